The Balaban J connectivity index is 0.00000182. The standard InChI is InChI=1S/C19H18N4O.ClH/c24-19(18-9-11-23(22-18)17-4-2-1-3-5-17)21-16-7-6-14-8-10-20-13-15(14)12-16;/h1-7,9,11-12,20H,8,10,13H2,(H,21,24);1H. The molecule has 0 bridgehead atoms. The first-order valence-electron chi connectivity index (χ1n) is 8.04. The first kappa shape index (κ1) is 17.2. The average Bonchev–Trinajstić information content (AvgIpc) is 3.13. The van der Waals surface area contributed by atoms with E-state index in [4.69, 9.17) is 0 Å². The minimum absolute atomic E-state index is 0. The van der Waals surface area contributed by atoms with Gasteiger partial charge in [-0.2, -0.15) is 5.10 Å². The molecule has 0 spiro atoms. The number of para-hydroxylation sites is 1. The Morgan fingerprint density at radius 1 is 1.08 bits per heavy atom. The number of nitrogens with zero attached hydrogens (tertiary/aromatic N) is 2. The van der Waals surface area contributed by atoms with Crippen LogP contribution in [0.5, 0.6) is 0 Å². The van der Waals surface area contributed by atoms with Crippen molar-refractivity contribution in [2.45, 2.75) is 13.0 Å². The number of carbonyl (C=O) groups excluding carboxylic acids is 1. The molecule has 2 heterocycles. The Morgan fingerprint density at radius 2 is 1.92 bits per heavy atom. The molecule has 25 heavy (non-hydrogen) atoms. The zero-order valence-electron chi connectivity index (χ0n) is 13.6. The van der Waals surface area contributed by atoms with Crippen molar-refractivity contribution >= 4 is 24.0 Å². The summed E-state index contributed by atoms with van der Waals surface area (Å²) in [6.07, 6.45) is 2.83. The highest BCUT2D eigenvalue weighted by molar-refractivity contribution is 6.02. The second-order valence-electron chi connectivity index (χ2n) is 5.85. The van der Waals surface area contributed by atoms with Gasteiger partial charge in [0.1, 0.15) is 0 Å². The average molecular weight is 355 g/mol. The minimum Gasteiger partial charge on any atom is -0.321 e. The molecule has 0 saturated heterocycles. The van der Waals surface area contributed by atoms with E-state index >= 15 is 0 Å². The number of amides is 1. The Hall–Kier alpha value is -2.63. The van der Waals surface area contributed by atoms with E-state index in [-0.39, 0.29) is 18.3 Å². The van der Waals surface area contributed by atoms with Crippen LogP contribution in [0, 0.1) is 0 Å². The second kappa shape index (κ2) is 7.51. The topological polar surface area (TPSA) is 59.0 Å². The van der Waals surface area contributed by atoms with Gasteiger partial charge in [-0.3, -0.25) is 4.79 Å². The number of hydrogen-bond donors (Lipinski definition) is 2. The highest BCUT2D eigenvalue weighted by Gasteiger charge is 2.13. The first-order chi connectivity index (χ1) is 11.8. The summed E-state index contributed by atoms with van der Waals surface area (Å²) >= 11 is 0. The van der Waals surface area contributed by atoms with E-state index in [0.29, 0.717) is 5.69 Å². The third kappa shape index (κ3) is 3.73. The van der Waals surface area contributed by atoms with Crippen molar-refractivity contribution in [1.82, 2.24) is 15.1 Å². The summed E-state index contributed by atoms with van der Waals surface area (Å²) in [6, 6.07) is 17.5. The number of fused-ring (bicyclic) bond motifs is 1. The van der Waals surface area contributed by atoms with E-state index in [1.54, 1.807) is 16.9 Å². The fourth-order valence-electron chi connectivity index (χ4n) is 2.92. The van der Waals surface area contributed by atoms with Crippen molar-refractivity contribution < 1.29 is 4.79 Å². The van der Waals surface area contributed by atoms with E-state index in [1.165, 1.54) is 11.1 Å². The summed E-state index contributed by atoms with van der Waals surface area (Å²) in [5.74, 6) is -0.201. The third-order valence-electron chi connectivity index (χ3n) is 4.19. The van der Waals surface area contributed by atoms with Gasteiger partial charge < -0.3 is 10.6 Å². The molecule has 1 aliphatic rings. The highest BCUT2D eigenvalue weighted by Crippen LogP contribution is 2.19. The lowest BCUT2D eigenvalue weighted by Gasteiger charge is -2.17. The van der Waals surface area contributed by atoms with Crippen LogP contribution in [0.3, 0.4) is 0 Å². The van der Waals surface area contributed by atoms with Crippen LogP contribution >= 0.6 is 12.4 Å². The molecule has 0 saturated carbocycles. The molecule has 0 aliphatic carbocycles. The molecule has 0 atom stereocenters. The molecule has 5 nitrogen and oxygen atoms in total. The summed E-state index contributed by atoms with van der Waals surface area (Å²) in [5, 5.41) is 10.6. The lowest BCUT2D eigenvalue weighted by Crippen LogP contribution is -2.23. The van der Waals surface area contributed by atoms with Crippen molar-refractivity contribution in [3.8, 4) is 5.69 Å². The van der Waals surface area contributed by atoms with Gasteiger partial charge in [0.05, 0.1) is 5.69 Å². The monoisotopic (exact) mass is 354 g/mol. The molecule has 1 aromatic heterocycles. The van der Waals surface area contributed by atoms with Crippen LogP contribution in [0.15, 0.2) is 60.8 Å². The van der Waals surface area contributed by atoms with Gasteiger partial charge in [0.15, 0.2) is 5.69 Å². The van der Waals surface area contributed by atoms with Crippen LogP contribution in [0.25, 0.3) is 5.69 Å². The number of rotatable bonds is 3. The molecular weight excluding hydrogens is 336 g/mol. The molecule has 3 aromatic rings. The van der Waals surface area contributed by atoms with Gasteiger partial charge in [-0.15, -0.1) is 12.4 Å². The number of carbonyl (C=O) groups is 1. The molecular formula is C19H19ClN4O. The van der Waals surface area contributed by atoms with Crippen LogP contribution in [0.4, 0.5) is 5.69 Å². The molecule has 1 amide bonds. The quantitative estimate of drug-likeness (QED) is 0.759. The van der Waals surface area contributed by atoms with Crippen molar-refractivity contribution in [1.29, 1.82) is 0 Å². The zero-order valence-corrected chi connectivity index (χ0v) is 14.4. The van der Waals surface area contributed by atoms with Crippen molar-refractivity contribution in [3.05, 3.63) is 77.6 Å². The molecule has 0 radical (unpaired) electrons. The van der Waals surface area contributed by atoms with Crippen LogP contribution in [0.1, 0.15) is 21.6 Å². The van der Waals surface area contributed by atoms with Gasteiger partial charge >= 0.3 is 0 Å². The van der Waals surface area contributed by atoms with Gasteiger partial charge in [-0.25, -0.2) is 4.68 Å². The van der Waals surface area contributed by atoms with Crippen LogP contribution in [-0.4, -0.2) is 22.2 Å². The van der Waals surface area contributed by atoms with Gasteiger partial charge in [0.25, 0.3) is 5.91 Å². The van der Waals surface area contributed by atoms with E-state index in [0.717, 1.165) is 30.9 Å². The highest BCUT2D eigenvalue weighted by atomic mass is 35.5. The van der Waals surface area contributed by atoms with Crippen LogP contribution in [0.2, 0.25) is 0 Å². The number of aromatic nitrogens is 2. The van der Waals surface area contributed by atoms with Gasteiger partial charge in [0.2, 0.25) is 0 Å². The summed E-state index contributed by atoms with van der Waals surface area (Å²) in [4.78, 5) is 12.4. The van der Waals surface area contributed by atoms with Gasteiger partial charge in [-0.1, -0.05) is 24.3 Å². The summed E-state index contributed by atoms with van der Waals surface area (Å²) in [7, 11) is 0. The maximum absolute atomic E-state index is 12.4. The normalized spacial score (nSPS) is 12.8. The molecule has 2 N–H and O–H groups in total. The summed E-state index contributed by atoms with van der Waals surface area (Å²) in [5.41, 5.74) is 4.72. The molecule has 4 rings (SSSR count). The van der Waals surface area contributed by atoms with Gasteiger partial charge in [0, 0.05) is 18.4 Å². The Kier molecular flexibility index (Phi) is 5.16. The predicted molar refractivity (Wildman–Crippen MR) is 101 cm³/mol. The minimum atomic E-state index is -0.201. The predicted octanol–water partition coefficient (Wildman–Crippen LogP) is 3.19. The molecule has 128 valence electrons. The van der Waals surface area contributed by atoms with E-state index < -0.39 is 0 Å². The molecule has 1 aliphatic heterocycles. The maximum atomic E-state index is 12.4. The SMILES string of the molecule is Cl.O=C(Nc1ccc2c(c1)CNCC2)c1ccn(-c2ccccc2)n1. The zero-order chi connectivity index (χ0) is 16.4. The number of anilines is 1. The smallest absolute Gasteiger partial charge is 0.276 e. The number of halogens is 1. The molecule has 2 aromatic carbocycles. The fourth-order valence-corrected chi connectivity index (χ4v) is 2.92. The lowest BCUT2D eigenvalue weighted by atomic mass is 10.0. The number of hydrogen-bond acceptors (Lipinski definition) is 3. The number of nitrogens with one attached hydrogen (secondary N) is 2. The van der Waals surface area contributed by atoms with E-state index in [2.05, 4.69) is 21.8 Å². The molecule has 0 fully saturated rings. The summed E-state index contributed by atoms with van der Waals surface area (Å²) < 4.78 is 1.70. The fraction of sp³-hybridized carbons (Fsp3) is 0.158. The first-order valence-corrected chi connectivity index (χ1v) is 8.04. The Morgan fingerprint density at radius 3 is 2.76 bits per heavy atom. The van der Waals surface area contributed by atoms with Gasteiger partial charge in [-0.05, 0) is 54.4 Å². The van der Waals surface area contributed by atoms with Crippen molar-refractivity contribution in [2.24, 2.45) is 0 Å². The molecule has 6 heteroatoms. The van der Waals surface area contributed by atoms with E-state index in [1.807, 2.05) is 42.5 Å². The maximum Gasteiger partial charge on any atom is 0.276 e. The third-order valence-corrected chi connectivity index (χ3v) is 4.19. The Bertz CT molecular complexity index is 876. The largest absolute Gasteiger partial charge is 0.321 e. The van der Waals surface area contributed by atoms with E-state index in [9.17, 15) is 4.79 Å². The van der Waals surface area contributed by atoms with Crippen molar-refractivity contribution in [3.63, 3.8) is 0 Å². The lowest BCUT2D eigenvalue weighted by molar-refractivity contribution is 0.102. The van der Waals surface area contributed by atoms with Crippen LogP contribution < -0.4 is 10.6 Å². The second-order valence-corrected chi connectivity index (χ2v) is 5.85. The van der Waals surface area contributed by atoms with Crippen LogP contribution in [-0.2, 0) is 13.0 Å². The number of benzene rings is 2. The Labute approximate surface area is 152 Å². The van der Waals surface area contributed by atoms with Crippen molar-refractivity contribution in [2.75, 3.05) is 11.9 Å². The molecule has 0 unspecified atom stereocenters. The summed E-state index contributed by atoms with van der Waals surface area (Å²) in [6.45, 7) is 1.86.